The number of ether oxygens (including phenoxy) is 2. The molecule has 0 bridgehead atoms. The van der Waals surface area contributed by atoms with Gasteiger partial charge in [0.1, 0.15) is 29.7 Å². The van der Waals surface area contributed by atoms with E-state index in [0.717, 1.165) is 45.5 Å². The highest BCUT2D eigenvalue weighted by Gasteiger charge is 2.31. The lowest BCUT2D eigenvalue weighted by molar-refractivity contribution is -0.142. The first-order chi connectivity index (χ1) is 24.6. The highest BCUT2D eigenvalue weighted by atomic mass is 32.2. The molecular formula is C41H38FN3O5S. The Morgan fingerprint density at radius 1 is 1.02 bits per heavy atom. The molecule has 0 radical (unpaired) electrons. The van der Waals surface area contributed by atoms with Crippen molar-refractivity contribution in [2.75, 3.05) is 6.61 Å². The summed E-state index contributed by atoms with van der Waals surface area (Å²) in [4.78, 5) is 22.0. The van der Waals surface area contributed by atoms with E-state index in [4.69, 9.17) is 24.4 Å². The number of benzene rings is 4. The van der Waals surface area contributed by atoms with Crippen LogP contribution in [0.1, 0.15) is 43.3 Å². The summed E-state index contributed by atoms with van der Waals surface area (Å²) >= 11 is 1.88. The van der Waals surface area contributed by atoms with Gasteiger partial charge in [0.05, 0.1) is 16.7 Å². The number of aliphatic carboxylic acids is 1. The lowest BCUT2D eigenvalue weighted by Gasteiger charge is -2.24. The zero-order chi connectivity index (χ0) is 35.5. The molecule has 10 heteroatoms. The molecule has 260 valence electrons. The molecule has 0 saturated heterocycles. The van der Waals surface area contributed by atoms with Crippen molar-refractivity contribution in [2.24, 2.45) is 10.6 Å². The fourth-order valence-corrected chi connectivity index (χ4v) is 7.75. The van der Waals surface area contributed by atoms with Crippen LogP contribution < -0.4 is 9.47 Å². The molecule has 7 rings (SSSR count). The Labute approximate surface area is 299 Å². The molecule has 2 aromatic heterocycles. The molecule has 8 nitrogen and oxygen atoms in total. The highest BCUT2D eigenvalue weighted by Crippen LogP contribution is 2.48. The first-order valence-electron chi connectivity index (χ1n) is 16.8. The van der Waals surface area contributed by atoms with Gasteiger partial charge in [0.2, 0.25) is 6.61 Å². The summed E-state index contributed by atoms with van der Waals surface area (Å²) in [5.41, 5.74) is 5.92. The average Bonchev–Trinajstić information content (AvgIpc) is 3.39. The Balaban J connectivity index is 1.23. The Kier molecular flexibility index (Phi) is 9.69. The number of hydrogen-bond acceptors (Lipinski definition) is 7. The normalized spacial score (nSPS) is 14.3. The number of thioether (sulfide) groups is 1. The second-order valence-corrected chi connectivity index (χ2v) is 14.9. The van der Waals surface area contributed by atoms with E-state index in [1.165, 1.54) is 28.0 Å². The van der Waals surface area contributed by atoms with Crippen molar-refractivity contribution in [1.82, 2.24) is 9.55 Å². The summed E-state index contributed by atoms with van der Waals surface area (Å²) < 4.78 is 28.2. The quantitative estimate of drug-likeness (QED) is 0.0946. The first kappa shape index (κ1) is 34.1. The largest absolute Gasteiger partial charge is 0.487 e. The van der Waals surface area contributed by atoms with E-state index in [0.29, 0.717) is 36.3 Å². The van der Waals surface area contributed by atoms with Crippen LogP contribution in [0.25, 0.3) is 21.8 Å². The van der Waals surface area contributed by atoms with Gasteiger partial charge in [-0.2, -0.15) is 0 Å². The summed E-state index contributed by atoms with van der Waals surface area (Å²) in [5.74, 6) is 0.704. The van der Waals surface area contributed by atoms with Crippen molar-refractivity contribution in [3.8, 4) is 17.2 Å². The van der Waals surface area contributed by atoms with E-state index in [-0.39, 0.29) is 5.82 Å². The van der Waals surface area contributed by atoms with Gasteiger partial charge in [-0.25, -0.2) is 14.2 Å². The van der Waals surface area contributed by atoms with E-state index in [1.54, 1.807) is 18.3 Å². The van der Waals surface area contributed by atoms with Crippen LogP contribution in [0.3, 0.4) is 0 Å². The third-order valence-electron chi connectivity index (χ3n) is 8.80. The van der Waals surface area contributed by atoms with Crippen LogP contribution in [0.5, 0.6) is 17.2 Å². The van der Waals surface area contributed by atoms with E-state index >= 15 is 0 Å². The monoisotopic (exact) mass is 703 g/mol. The van der Waals surface area contributed by atoms with Gasteiger partial charge in [-0.1, -0.05) is 62.3 Å². The van der Waals surface area contributed by atoms with Crippen LogP contribution in [0.15, 0.2) is 107 Å². The van der Waals surface area contributed by atoms with Crippen LogP contribution in [0.2, 0.25) is 0 Å². The molecule has 4 aromatic carbocycles. The summed E-state index contributed by atoms with van der Waals surface area (Å²) in [6.07, 6.45) is 3.19. The molecule has 1 aliphatic rings. The smallest absolute Gasteiger partial charge is 0.344 e. The molecule has 0 spiro atoms. The van der Waals surface area contributed by atoms with Crippen LogP contribution in [0.4, 0.5) is 4.39 Å². The van der Waals surface area contributed by atoms with Crippen molar-refractivity contribution < 1.29 is 28.6 Å². The maximum atomic E-state index is 13.4. The van der Waals surface area contributed by atoms with E-state index in [9.17, 15) is 9.18 Å². The van der Waals surface area contributed by atoms with E-state index in [1.807, 2.05) is 60.3 Å². The van der Waals surface area contributed by atoms with E-state index < -0.39 is 18.0 Å². The Hall–Kier alpha value is -5.35. The fourth-order valence-electron chi connectivity index (χ4n) is 6.43. The minimum atomic E-state index is -1.07. The predicted octanol–water partition coefficient (Wildman–Crippen LogP) is 9.44. The van der Waals surface area contributed by atoms with Gasteiger partial charge in [-0.3, -0.25) is 0 Å². The summed E-state index contributed by atoms with van der Waals surface area (Å²) in [6.45, 7) is 6.86. The number of nitrogens with zero attached hydrogens (tertiary/aromatic N) is 3. The zero-order valence-electron chi connectivity index (χ0n) is 28.6. The number of rotatable bonds is 13. The molecule has 6 aromatic rings. The number of halogens is 1. The predicted molar refractivity (Wildman–Crippen MR) is 199 cm³/mol. The van der Waals surface area contributed by atoms with Gasteiger partial charge >= 0.3 is 5.97 Å². The SMILES string of the molecule is CC1Cc2c(OCc3ccc4ccccc4n3)ccc3c2c(c(CC(C)(C)C=NOCC(=O)O)n3Cc2ccc(Oc3ccc(F)cc3)cc2)S1. The van der Waals surface area contributed by atoms with Crippen molar-refractivity contribution in [3.63, 3.8) is 0 Å². The molecule has 0 saturated carbocycles. The second-order valence-electron chi connectivity index (χ2n) is 13.5. The maximum absolute atomic E-state index is 13.4. The lowest BCUT2D eigenvalue weighted by Crippen LogP contribution is -2.21. The minimum absolute atomic E-state index is 0.311. The standard InChI is InChI=1S/C41H38FN3O5S/c1-26-20-33-37(48-23-30-13-10-28-6-4-5-7-34(28)44-30)19-18-35-39(33)40(51-26)36(21-41(2,3)25-43-49-24-38(46)47)45(35)22-27-8-14-31(15-9-27)50-32-16-11-29(42)12-17-32/h4-19,25-26H,20-24H2,1-3H3,(H,46,47). The lowest BCUT2D eigenvalue weighted by atomic mass is 9.89. The molecule has 0 amide bonds. The number of carboxylic acids is 1. The summed E-state index contributed by atoms with van der Waals surface area (Å²) in [5, 5.41) is 15.6. The molecule has 51 heavy (non-hydrogen) atoms. The van der Waals surface area contributed by atoms with E-state index in [2.05, 4.69) is 54.8 Å². The van der Waals surface area contributed by atoms with Crippen molar-refractivity contribution in [1.29, 1.82) is 0 Å². The van der Waals surface area contributed by atoms with Gasteiger partial charge in [0.15, 0.2) is 0 Å². The fraction of sp³-hybridized carbons (Fsp3) is 0.244. The van der Waals surface area contributed by atoms with Gasteiger partial charge in [0.25, 0.3) is 0 Å². The Bertz CT molecular complexity index is 2230. The van der Waals surface area contributed by atoms with Gasteiger partial charge in [-0.15, -0.1) is 11.8 Å². The third kappa shape index (κ3) is 7.86. The minimum Gasteiger partial charge on any atom is -0.487 e. The summed E-state index contributed by atoms with van der Waals surface area (Å²) in [7, 11) is 0. The number of para-hydroxylation sites is 1. The van der Waals surface area contributed by atoms with Gasteiger partial charge in [-0.05, 0) is 79.1 Å². The molecular weight excluding hydrogens is 666 g/mol. The number of carboxylic acid groups (broad SMARTS) is 1. The van der Waals surface area contributed by atoms with Crippen molar-refractivity contribution in [2.45, 2.75) is 56.9 Å². The number of oxime groups is 1. The van der Waals surface area contributed by atoms with Crippen molar-refractivity contribution in [3.05, 3.63) is 125 Å². The van der Waals surface area contributed by atoms with Crippen molar-refractivity contribution >= 4 is 45.8 Å². The number of pyridine rings is 1. The maximum Gasteiger partial charge on any atom is 0.344 e. The molecule has 0 fully saturated rings. The van der Waals surface area contributed by atoms with Gasteiger partial charge in [0, 0.05) is 50.3 Å². The summed E-state index contributed by atoms with van der Waals surface area (Å²) in [6, 6.07) is 30.3. The van der Waals surface area contributed by atoms with Gasteiger partial charge < -0.3 is 24.0 Å². The number of fused-ring (bicyclic) bond motifs is 1. The topological polar surface area (TPSA) is 95.2 Å². The third-order valence-corrected chi connectivity index (χ3v) is 10.0. The molecule has 0 aliphatic carbocycles. The molecule has 1 aliphatic heterocycles. The molecule has 3 heterocycles. The number of carbonyl (C=O) groups is 1. The molecule has 1 atom stereocenters. The Morgan fingerprint density at radius 2 is 1.76 bits per heavy atom. The van der Waals surface area contributed by atoms with Crippen LogP contribution in [0, 0.1) is 11.2 Å². The number of aromatic nitrogens is 2. The highest BCUT2D eigenvalue weighted by molar-refractivity contribution is 8.00. The van der Waals surface area contributed by atoms with Crippen LogP contribution in [-0.4, -0.2) is 38.7 Å². The van der Waals surface area contributed by atoms with Crippen LogP contribution >= 0.6 is 11.8 Å². The second kappa shape index (κ2) is 14.5. The zero-order valence-corrected chi connectivity index (χ0v) is 29.5. The molecule has 1 N–H and O–H groups in total. The van der Waals surface area contributed by atoms with Crippen LogP contribution in [-0.2, 0) is 35.6 Å². The first-order valence-corrected chi connectivity index (χ1v) is 17.7. The average molecular weight is 704 g/mol. The number of hydrogen-bond donors (Lipinski definition) is 1. The molecule has 1 unspecified atom stereocenters. The Morgan fingerprint density at radius 3 is 2.53 bits per heavy atom.